The van der Waals surface area contributed by atoms with Gasteiger partial charge in [0, 0.05) is 12.5 Å². The lowest BCUT2D eigenvalue weighted by Crippen LogP contribution is -2.26. The third-order valence-corrected chi connectivity index (χ3v) is 4.09. The lowest BCUT2D eigenvalue weighted by atomic mass is 9.66. The number of benzene rings is 1. The number of esters is 1. The number of phenols is 1. The smallest absolute Gasteiger partial charge is 0.308 e. The van der Waals surface area contributed by atoms with Gasteiger partial charge in [0.15, 0.2) is 0 Å². The van der Waals surface area contributed by atoms with E-state index < -0.39 is 0 Å². The molecule has 0 aliphatic heterocycles. The Balaban J connectivity index is 2.38. The van der Waals surface area contributed by atoms with Crippen LogP contribution in [0.2, 0.25) is 0 Å². The average molecular weight is 276 g/mol. The number of carbonyl (C=O) groups excluding carboxylic acids is 1. The van der Waals surface area contributed by atoms with Crippen LogP contribution in [0.1, 0.15) is 58.4 Å². The normalized spacial score (nSPS) is 25.2. The fourth-order valence-electron chi connectivity index (χ4n) is 3.75. The molecule has 1 N–H and O–H groups in total. The minimum absolute atomic E-state index is 0.235. The summed E-state index contributed by atoms with van der Waals surface area (Å²) in [5.74, 6) is 1.24. The summed E-state index contributed by atoms with van der Waals surface area (Å²) >= 11 is 0. The van der Waals surface area contributed by atoms with Crippen LogP contribution in [0.4, 0.5) is 0 Å². The Hall–Kier alpha value is -1.51. The molecule has 0 saturated heterocycles. The third kappa shape index (κ3) is 3.33. The van der Waals surface area contributed by atoms with Crippen molar-refractivity contribution in [3.8, 4) is 11.5 Å². The highest BCUT2D eigenvalue weighted by atomic mass is 16.5. The van der Waals surface area contributed by atoms with E-state index >= 15 is 0 Å². The monoisotopic (exact) mass is 276 g/mol. The molecule has 1 saturated carbocycles. The minimum Gasteiger partial charge on any atom is -0.508 e. The first-order valence-electron chi connectivity index (χ1n) is 7.29. The molecule has 0 aromatic heterocycles. The van der Waals surface area contributed by atoms with E-state index in [0.29, 0.717) is 11.7 Å². The molecular weight excluding hydrogens is 252 g/mol. The van der Waals surface area contributed by atoms with Crippen molar-refractivity contribution >= 4 is 5.97 Å². The molecule has 1 aliphatic carbocycles. The van der Waals surface area contributed by atoms with Gasteiger partial charge in [0.25, 0.3) is 0 Å². The molecule has 1 aromatic carbocycles. The standard InChI is InChI=1S/C17H24O3/c1-11-8-13(10-17(3,4)9-11)16-14(19)6-5-7-15(16)20-12(2)18/h5-7,11,13,19H,8-10H2,1-4H3. The number of rotatable bonds is 2. The van der Waals surface area contributed by atoms with E-state index in [9.17, 15) is 9.90 Å². The third-order valence-electron chi connectivity index (χ3n) is 4.09. The second-order valence-electron chi connectivity index (χ2n) is 6.89. The van der Waals surface area contributed by atoms with Crippen molar-refractivity contribution in [2.45, 2.75) is 52.9 Å². The van der Waals surface area contributed by atoms with Gasteiger partial charge in [0.05, 0.1) is 0 Å². The Morgan fingerprint density at radius 2 is 2.05 bits per heavy atom. The van der Waals surface area contributed by atoms with Crippen LogP contribution in [0, 0.1) is 11.3 Å². The first-order chi connectivity index (χ1) is 9.28. The van der Waals surface area contributed by atoms with Gasteiger partial charge in [-0.3, -0.25) is 4.79 Å². The van der Waals surface area contributed by atoms with Gasteiger partial charge < -0.3 is 9.84 Å². The second-order valence-corrected chi connectivity index (χ2v) is 6.89. The molecule has 1 aromatic rings. The Morgan fingerprint density at radius 3 is 2.65 bits per heavy atom. The average Bonchev–Trinajstić information content (AvgIpc) is 2.24. The molecule has 3 heteroatoms. The first kappa shape index (κ1) is 14.9. The molecule has 1 aliphatic rings. The van der Waals surface area contributed by atoms with Gasteiger partial charge in [-0.2, -0.15) is 0 Å². The molecule has 110 valence electrons. The number of ether oxygens (including phenoxy) is 1. The predicted octanol–water partition coefficient (Wildman–Crippen LogP) is 4.25. The Kier molecular flexibility index (Phi) is 4.07. The number of carbonyl (C=O) groups is 1. The van der Waals surface area contributed by atoms with Crippen LogP contribution in [0.25, 0.3) is 0 Å². The summed E-state index contributed by atoms with van der Waals surface area (Å²) < 4.78 is 5.28. The maximum Gasteiger partial charge on any atom is 0.308 e. The van der Waals surface area contributed by atoms with E-state index in [4.69, 9.17) is 4.74 Å². The summed E-state index contributed by atoms with van der Waals surface area (Å²) in [6, 6.07) is 5.16. The van der Waals surface area contributed by atoms with E-state index in [2.05, 4.69) is 20.8 Å². The van der Waals surface area contributed by atoms with Crippen molar-refractivity contribution in [1.29, 1.82) is 0 Å². The molecule has 0 amide bonds. The van der Waals surface area contributed by atoms with Crippen LogP contribution >= 0.6 is 0 Å². The molecule has 1 fully saturated rings. The second kappa shape index (κ2) is 5.47. The number of aromatic hydroxyl groups is 1. The van der Waals surface area contributed by atoms with Crippen LogP contribution < -0.4 is 4.74 Å². The van der Waals surface area contributed by atoms with Gasteiger partial charge in [-0.15, -0.1) is 0 Å². The fraction of sp³-hybridized carbons (Fsp3) is 0.588. The maximum absolute atomic E-state index is 11.2. The summed E-state index contributed by atoms with van der Waals surface area (Å²) in [4.78, 5) is 11.2. The highest BCUT2D eigenvalue weighted by Gasteiger charge is 2.35. The van der Waals surface area contributed by atoms with E-state index in [1.54, 1.807) is 18.2 Å². The summed E-state index contributed by atoms with van der Waals surface area (Å²) in [5.41, 5.74) is 1.04. The van der Waals surface area contributed by atoms with Crippen LogP contribution in [-0.4, -0.2) is 11.1 Å². The van der Waals surface area contributed by atoms with Gasteiger partial charge in [-0.05, 0) is 48.6 Å². The highest BCUT2D eigenvalue weighted by Crippen LogP contribution is 2.50. The van der Waals surface area contributed by atoms with Gasteiger partial charge >= 0.3 is 5.97 Å². The molecule has 3 nitrogen and oxygen atoms in total. The van der Waals surface area contributed by atoms with E-state index in [1.807, 2.05) is 0 Å². The number of hydrogen-bond acceptors (Lipinski definition) is 3. The van der Waals surface area contributed by atoms with Crippen molar-refractivity contribution in [2.75, 3.05) is 0 Å². The molecule has 0 radical (unpaired) electrons. The van der Waals surface area contributed by atoms with Gasteiger partial charge in [0.2, 0.25) is 0 Å². The van der Waals surface area contributed by atoms with E-state index in [1.165, 1.54) is 13.3 Å². The predicted molar refractivity (Wildman–Crippen MR) is 79.0 cm³/mol. The zero-order valence-electron chi connectivity index (χ0n) is 12.8. The molecular formula is C17H24O3. The van der Waals surface area contributed by atoms with Crippen LogP contribution in [0.15, 0.2) is 18.2 Å². The number of phenolic OH excluding ortho intramolecular Hbond substituents is 1. The zero-order chi connectivity index (χ0) is 14.9. The van der Waals surface area contributed by atoms with Crippen LogP contribution in [-0.2, 0) is 4.79 Å². The van der Waals surface area contributed by atoms with E-state index in [-0.39, 0.29) is 23.1 Å². The van der Waals surface area contributed by atoms with Crippen molar-refractivity contribution in [1.82, 2.24) is 0 Å². The molecule has 0 bridgehead atoms. The molecule has 20 heavy (non-hydrogen) atoms. The lowest BCUT2D eigenvalue weighted by molar-refractivity contribution is -0.131. The quantitative estimate of drug-likeness (QED) is 0.649. The summed E-state index contributed by atoms with van der Waals surface area (Å²) in [5, 5.41) is 10.2. The molecule has 2 unspecified atom stereocenters. The molecule has 2 atom stereocenters. The van der Waals surface area contributed by atoms with Crippen molar-refractivity contribution in [2.24, 2.45) is 11.3 Å². The van der Waals surface area contributed by atoms with Gasteiger partial charge in [0.1, 0.15) is 11.5 Å². The SMILES string of the molecule is CC(=O)Oc1cccc(O)c1C1CC(C)CC(C)(C)C1. The van der Waals surface area contributed by atoms with Crippen molar-refractivity contribution in [3.63, 3.8) is 0 Å². The Labute approximate surface area is 121 Å². The minimum atomic E-state index is -0.347. The van der Waals surface area contributed by atoms with Gasteiger partial charge in [-0.1, -0.05) is 26.8 Å². The molecule has 2 rings (SSSR count). The van der Waals surface area contributed by atoms with E-state index in [0.717, 1.165) is 18.4 Å². The Bertz CT molecular complexity index is 505. The maximum atomic E-state index is 11.2. The molecule has 0 heterocycles. The molecule has 0 spiro atoms. The zero-order valence-corrected chi connectivity index (χ0v) is 12.8. The van der Waals surface area contributed by atoms with Crippen molar-refractivity contribution in [3.05, 3.63) is 23.8 Å². The summed E-state index contributed by atoms with van der Waals surface area (Å²) in [7, 11) is 0. The van der Waals surface area contributed by atoms with Gasteiger partial charge in [-0.25, -0.2) is 0 Å². The fourth-order valence-corrected chi connectivity index (χ4v) is 3.75. The first-order valence-corrected chi connectivity index (χ1v) is 7.29. The highest BCUT2D eigenvalue weighted by molar-refractivity contribution is 5.70. The van der Waals surface area contributed by atoms with Crippen LogP contribution in [0.3, 0.4) is 0 Å². The topological polar surface area (TPSA) is 46.5 Å². The lowest BCUT2D eigenvalue weighted by Gasteiger charge is -2.39. The summed E-state index contributed by atoms with van der Waals surface area (Å²) in [6.07, 6.45) is 3.22. The summed E-state index contributed by atoms with van der Waals surface area (Å²) in [6.45, 7) is 8.17. The largest absolute Gasteiger partial charge is 0.508 e. The Morgan fingerprint density at radius 1 is 1.35 bits per heavy atom. The van der Waals surface area contributed by atoms with Crippen molar-refractivity contribution < 1.29 is 14.6 Å². The van der Waals surface area contributed by atoms with Crippen LogP contribution in [0.5, 0.6) is 11.5 Å². The number of hydrogen-bond donors (Lipinski definition) is 1.